The van der Waals surface area contributed by atoms with Crippen molar-refractivity contribution in [2.45, 2.75) is 102 Å². The Hall–Kier alpha value is -1.01. The number of hydrogen-bond acceptors (Lipinski definition) is 5. The summed E-state index contributed by atoms with van der Waals surface area (Å²) < 4.78 is 23.9. The predicted octanol–water partition coefficient (Wildman–Crippen LogP) is 5.09. The zero-order chi connectivity index (χ0) is 20.5. The molecule has 5 heteroatoms. The molecule has 0 aromatic carbocycles. The van der Waals surface area contributed by atoms with E-state index >= 15 is 0 Å². The molecule has 5 nitrogen and oxygen atoms in total. The number of ketones is 1. The molecular weight excluding hydrogens is 368 g/mol. The van der Waals surface area contributed by atoms with Gasteiger partial charge < -0.3 is 18.9 Å². The Bertz CT molecular complexity index is 545. The monoisotopic (exact) mass is 406 g/mol. The summed E-state index contributed by atoms with van der Waals surface area (Å²) in [7, 11) is 0. The normalized spacial score (nSPS) is 32.2. The Balaban J connectivity index is 1.61. The van der Waals surface area contributed by atoms with Gasteiger partial charge >= 0.3 is 0 Å². The molecule has 2 aliphatic heterocycles. The van der Waals surface area contributed by atoms with Crippen LogP contribution in [0.1, 0.15) is 77.6 Å². The molecule has 5 atom stereocenters. The SMILES string of the molecule is C=C1C(=O)CC(OC2CCCCO2)C1/C=C/C(CCCCC)OC1CCCCO1. The molecule has 3 fully saturated rings. The van der Waals surface area contributed by atoms with Crippen LogP contribution in [0.3, 0.4) is 0 Å². The van der Waals surface area contributed by atoms with E-state index in [9.17, 15) is 4.79 Å². The number of hydrogen-bond donors (Lipinski definition) is 0. The van der Waals surface area contributed by atoms with Crippen LogP contribution in [0.25, 0.3) is 0 Å². The number of rotatable bonds is 10. The van der Waals surface area contributed by atoms with Crippen LogP contribution in [0.15, 0.2) is 24.3 Å². The highest BCUT2D eigenvalue weighted by Gasteiger charge is 2.37. The molecule has 0 aromatic rings. The third-order valence-corrected chi connectivity index (χ3v) is 6.10. The Kier molecular flexibility index (Phi) is 9.37. The maximum Gasteiger partial charge on any atom is 0.161 e. The van der Waals surface area contributed by atoms with E-state index in [1.807, 2.05) is 0 Å². The van der Waals surface area contributed by atoms with Gasteiger partial charge in [-0.2, -0.15) is 0 Å². The van der Waals surface area contributed by atoms with Crippen molar-refractivity contribution in [2.24, 2.45) is 5.92 Å². The van der Waals surface area contributed by atoms with Crippen molar-refractivity contribution in [3.8, 4) is 0 Å². The van der Waals surface area contributed by atoms with Gasteiger partial charge in [-0.1, -0.05) is 44.9 Å². The van der Waals surface area contributed by atoms with Gasteiger partial charge in [0.2, 0.25) is 0 Å². The van der Waals surface area contributed by atoms with Gasteiger partial charge in [-0.15, -0.1) is 0 Å². The van der Waals surface area contributed by atoms with Gasteiger partial charge in [0.15, 0.2) is 18.4 Å². The topological polar surface area (TPSA) is 54.0 Å². The molecule has 0 radical (unpaired) electrons. The van der Waals surface area contributed by atoms with Gasteiger partial charge in [0.1, 0.15) is 0 Å². The molecule has 2 saturated heterocycles. The maximum absolute atomic E-state index is 12.3. The highest BCUT2D eigenvalue weighted by molar-refractivity contribution is 5.98. The standard InChI is InChI=1S/C24H38O5/c1-3-4-5-10-19(28-23-11-6-8-15-26-23)13-14-20-18(2)21(25)17-22(20)29-24-12-7-9-16-27-24/h13-14,19-20,22-24H,2-12,15-17H2,1H3/b14-13+. The lowest BCUT2D eigenvalue weighted by Crippen LogP contribution is -2.30. The maximum atomic E-state index is 12.3. The van der Waals surface area contributed by atoms with E-state index in [1.165, 1.54) is 12.8 Å². The van der Waals surface area contributed by atoms with E-state index in [2.05, 4.69) is 25.7 Å². The van der Waals surface area contributed by atoms with Crippen LogP contribution >= 0.6 is 0 Å². The molecule has 0 amide bonds. The van der Waals surface area contributed by atoms with E-state index in [0.717, 1.165) is 64.6 Å². The second-order valence-electron chi connectivity index (χ2n) is 8.50. The molecule has 0 bridgehead atoms. The molecule has 2 heterocycles. The fourth-order valence-electron chi connectivity index (χ4n) is 4.30. The highest BCUT2D eigenvalue weighted by Crippen LogP contribution is 2.33. The van der Waals surface area contributed by atoms with Crippen LogP contribution in [-0.4, -0.2) is 43.8 Å². The third kappa shape index (κ3) is 7.02. The Morgan fingerprint density at radius 1 is 1.10 bits per heavy atom. The minimum absolute atomic E-state index is 0.000248. The van der Waals surface area contributed by atoms with Crippen LogP contribution in [-0.2, 0) is 23.7 Å². The van der Waals surface area contributed by atoms with E-state index in [-0.39, 0.29) is 36.5 Å². The van der Waals surface area contributed by atoms with Crippen molar-refractivity contribution in [3.63, 3.8) is 0 Å². The molecule has 1 aliphatic carbocycles. The zero-order valence-electron chi connectivity index (χ0n) is 18.0. The lowest BCUT2D eigenvalue weighted by atomic mass is 9.99. The summed E-state index contributed by atoms with van der Waals surface area (Å²) in [4.78, 5) is 12.3. The Morgan fingerprint density at radius 2 is 1.83 bits per heavy atom. The summed E-state index contributed by atoms with van der Waals surface area (Å²) in [6.07, 6.45) is 14.9. The Labute approximate surface area is 175 Å². The van der Waals surface area contributed by atoms with Crippen molar-refractivity contribution in [1.82, 2.24) is 0 Å². The molecule has 0 N–H and O–H groups in total. The second kappa shape index (κ2) is 12.0. The number of unbranched alkanes of at least 4 members (excludes halogenated alkanes) is 2. The highest BCUT2D eigenvalue weighted by atomic mass is 16.7. The summed E-state index contributed by atoms with van der Waals surface area (Å²) in [5.74, 6) is -0.00268. The fourth-order valence-corrected chi connectivity index (χ4v) is 4.30. The lowest BCUT2D eigenvalue weighted by molar-refractivity contribution is -0.190. The molecule has 5 unspecified atom stereocenters. The summed E-state index contributed by atoms with van der Waals surface area (Å²) in [5.41, 5.74) is 0.642. The lowest BCUT2D eigenvalue weighted by Gasteiger charge is -2.28. The van der Waals surface area contributed by atoms with Crippen molar-refractivity contribution in [3.05, 3.63) is 24.3 Å². The molecule has 0 aromatic heterocycles. The van der Waals surface area contributed by atoms with Crippen LogP contribution in [0.2, 0.25) is 0 Å². The third-order valence-electron chi connectivity index (χ3n) is 6.10. The minimum atomic E-state index is -0.199. The van der Waals surface area contributed by atoms with Crippen molar-refractivity contribution >= 4 is 5.78 Å². The van der Waals surface area contributed by atoms with Crippen LogP contribution < -0.4 is 0 Å². The van der Waals surface area contributed by atoms with Crippen molar-refractivity contribution in [2.75, 3.05) is 13.2 Å². The van der Waals surface area contributed by atoms with Crippen molar-refractivity contribution < 1.29 is 23.7 Å². The molecule has 1 saturated carbocycles. The number of carbonyl (C=O) groups excluding carboxylic acids is 1. The second-order valence-corrected chi connectivity index (χ2v) is 8.50. The fraction of sp³-hybridized carbons (Fsp3) is 0.792. The van der Waals surface area contributed by atoms with E-state index in [0.29, 0.717) is 12.0 Å². The number of Topliss-reactive ketones (excluding diaryl/α,β-unsaturated/α-hetero) is 1. The molecular formula is C24H38O5. The number of carbonyl (C=O) groups is 1. The van der Waals surface area contributed by atoms with Gasteiger partial charge in [0, 0.05) is 25.6 Å². The van der Waals surface area contributed by atoms with E-state index in [1.54, 1.807) is 0 Å². The minimum Gasteiger partial charge on any atom is -0.353 e. The van der Waals surface area contributed by atoms with Crippen LogP contribution in [0, 0.1) is 5.92 Å². The molecule has 3 rings (SSSR count). The first-order valence-corrected chi connectivity index (χ1v) is 11.6. The summed E-state index contributed by atoms with van der Waals surface area (Å²) in [6.45, 7) is 7.77. The van der Waals surface area contributed by atoms with Crippen LogP contribution in [0.5, 0.6) is 0 Å². The van der Waals surface area contributed by atoms with Crippen LogP contribution in [0.4, 0.5) is 0 Å². The summed E-state index contributed by atoms with van der Waals surface area (Å²) in [5, 5.41) is 0. The molecule has 0 spiro atoms. The van der Waals surface area contributed by atoms with Crippen molar-refractivity contribution in [1.29, 1.82) is 0 Å². The van der Waals surface area contributed by atoms with Gasteiger partial charge in [0.05, 0.1) is 12.2 Å². The zero-order valence-corrected chi connectivity index (χ0v) is 18.0. The van der Waals surface area contributed by atoms with Gasteiger partial charge in [-0.05, 0) is 50.5 Å². The number of ether oxygens (including phenoxy) is 4. The van der Waals surface area contributed by atoms with E-state index < -0.39 is 0 Å². The first kappa shape index (κ1) is 22.7. The predicted molar refractivity (Wildman–Crippen MR) is 112 cm³/mol. The van der Waals surface area contributed by atoms with E-state index in [4.69, 9.17) is 18.9 Å². The Morgan fingerprint density at radius 3 is 2.48 bits per heavy atom. The average molecular weight is 407 g/mol. The first-order valence-electron chi connectivity index (χ1n) is 11.6. The van der Waals surface area contributed by atoms with Gasteiger partial charge in [-0.25, -0.2) is 0 Å². The molecule has 3 aliphatic rings. The van der Waals surface area contributed by atoms with Gasteiger partial charge in [0.25, 0.3) is 0 Å². The first-order chi connectivity index (χ1) is 14.2. The molecule has 29 heavy (non-hydrogen) atoms. The van der Waals surface area contributed by atoms with Gasteiger partial charge in [-0.3, -0.25) is 4.79 Å². The smallest absolute Gasteiger partial charge is 0.161 e. The largest absolute Gasteiger partial charge is 0.353 e. The quantitative estimate of drug-likeness (QED) is 0.287. The molecule has 164 valence electrons. The average Bonchev–Trinajstić information content (AvgIpc) is 3.00. The summed E-state index contributed by atoms with van der Waals surface area (Å²) in [6, 6.07) is 0. The summed E-state index contributed by atoms with van der Waals surface area (Å²) >= 11 is 0.